The van der Waals surface area contributed by atoms with E-state index >= 15 is 0 Å². The summed E-state index contributed by atoms with van der Waals surface area (Å²) in [6.07, 6.45) is 0. The highest BCUT2D eigenvalue weighted by Gasteiger charge is 2.39. The van der Waals surface area contributed by atoms with Crippen LogP contribution in [-0.4, -0.2) is 21.7 Å². The number of hydrogen-bond donors (Lipinski definition) is 2. The Kier molecular flexibility index (Phi) is 4.06. The first-order valence-corrected chi connectivity index (χ1v) is 7.48. The van der Waals surface area contributed by atoms with Crippen molar-refractivity contribution < 1.29 is 19.6 Å². The summed E-state index contributed by atoms with van der Waals surface area (Å²) >= 11 is 0. The maximum absolute atomic E-state index is 12.2. The zero-order chi connectivity index (χ0) is 18.1. The molecule has 1 heterocycles. The minimum atomic E-state index is -0.859. The second kappa shape index (κ2) is 6.20. The van der Waals surface area contributed by atoms with E-state index in [1.807, 2.05) is 6.92 Å². The number of amides is 1. The number of aliphatic hydroxyl groups is 1. The van der Waals surface area contributed by atoms with Gasteiger partial charge in [-0.05, 0) is 24.6 Å². The molecule has 7 nitrogen and oxygen atoms in total. The third kappa shape index (κ3) is 2.99. The molecule has 7 heteroatoms. The number of aliphatic hydroxyl groups excluding tert-OH is 1. The Morgan fingerprint density at radius 1 is 1.08 bits per heavy atom. The molecule has 0 aliphatic carbocycles. The van der Waals surface area contributed by atoms with Gasteiger partial charge in [0.05, 0.1) is 16.5 Å². The van der Waals surface area contributed by atoms with Crippen LogP contribution in [0, 0.1) is 17.0 Å². The molecular weight excluding hydrogens is 324 g/mol. The Morgan fingerprint density at radius 3 is 2.24 bits per heavy atom. The molecule has 1 saturated heterocycles. The lowest BCUT2D eigenvalue weighted by Crippen LogP contribution is -2.21. The molecule has 0 aromatic heterocycles. The normalized spacial score (nSPS) is 18.8. The van der Waals surface area contributed by atoms with Crippen LogP contribution < -0.4 is 5.32 Å². The van der Waals surface area contributed by atoms with Crippen LogP contribution in [0.4, 0.5) is 5.69 Å². The minimum Gasteiger partial charge on any atom is -0.507 e. The fourth-order valence-electron chi connectivity index (χ4n) is 2.67. The van der Waals surface area contributed by atoms with Crippen molar-refractivity contribution in [1.29, 1.82) is 0 Å². The van der Waals surface area contributed by atoms with E-state index in [0.717, 1.165) is 5.56 Å². The third-order valence-electron chi connectivity index (χ3n) is 4.03. The molecule has 2 N–H and O–H groups in total. The fourth-order valence-corrected chi connectivity index (χ4v) is 2.67. The Hall–Kier alpha value is -3.48. The lowest BCUT2D eigenvalue weighted by Gasteiger charge is -2.13. The summed E-state index contributed by atoms with van der Waals surface area (Å²) in [6.45, 7) is 1.89. The van der Waals surface area contributed by atoms with E-state index in [4.69, 9.17) is 0 Å². The maximum Gasteiger partial charge on any atom is 0.293 e. The van der Waals surface area contributed by atoms with Gasteiger partial charge >= 0.3 is 0 Å². The van der Waals surface area contributed by atoms with Crippen molar-refractivity contribution in [3.63, 3.8) is 0 Å². The van der Waals surface area contributed by atoms with Crippen molar-refractivity contribution in [3.05, 3.63) is 80.9 Å². The van der Waals surface area contributed by atoms with Crippen LogP contribution in [0.5, 0.6) is 0 Å². The molecule has 1 fully saturated rings. The molecule has 126 valence electrons. The standard InChI is InChI=1S/C18H14N2O5/c1-10-2-4-12(5-3-10)16(21)14-15(19-18(23)17(14)22)11-6-8-13(9-7-11)20(24)25/h2-9,15,21H,1H3,(H,19,23)/t15-/m0/s1. The van der Waals surface area contributed by atoms with Gasteiger partial charge in [-0.15, -0.1) is 0 Å². The number of hydrogen-bond acceptors (Lipinski definition) is 5. The number of non-ortho nitro benzene ring substituents is 1. The second-order valence-electron chi connectivity index (χ2n) is 5.71. The molecular formula is C18H14N2O5. The van der Waals surface area contributed by atoms with Gasteiger partial charge in [0.15, 0.2) is 0 Å². The summed E-state index contributed by atoms with van der Waals surface area (Å²) < 4.78 is 0. The minimum absolute atomic E-state index is 0.0669. The maximum atomic E-state index is 12.2. The number of rotatable bonds is 3. The molecule has 1 amide bonds. The van der Waals surface area contributed by atoms with E-state index in [0.29, 0.717) is 11.1 Å². The quantitative estimate of drug-likeness (QED) is 0.294. The smallest absolute Gasteiger partial charge is 0.293 e. The lowest BCUT2D eigenvalue weighted by molar-refractivity contribution is -0.384. The van der Waals surface area contributed by atoms with Crippen molar-refractivity contribution in [2.24, 2.45) is 0 Å². The van der Waals surface area contributed by atoms with Crippen LogP contribution in [0.15, 0.2) is 54.1 Å². The summed E-state index contributed by atoms with van der Waals surface area (Å²) in [5.41, 5.74) is 1.70. The number of carbonyl (C=O) groups is 2. The van der Waals surface area contributed by atoms with Gasteiger partial charge in [-0.2, -0.15) is 0 Å². The topological polar surface area (TPSA) is 110 Å². The number of Topliss-reactive ketones (excluding diaryl/α,β-unsaturated/α-hetero) is 1. The summed E-state index contributed by atoms with van der Waals surface area (Å²) in [6, 6.07) is 11.5. The molecule has 2 aromatic carbocycles. The van der Waals surface area contributed by atoms with Crippen LogP contribution >= 0.6 is 0 Å². The fraction of sp³-hybridized carbons (Fsp3) is 0.111. The van der Waals surface area contributed by atoms with E-state index in [9.17, 15) is 24.8 Å². The van der Waals surface area contributed by atoms with Gasteiger partial charge < -0.3 is 10.4 Å². The van der Waals surface area contributed by atoms with E-state index in [1.54, 1.807) is 24.3 Å². The van der Waals surface area contributed by atoms with Crippen LogP contribution in [-0.2, 0) is 9.59 Å². The number of nitro groups is 1. The van der Waals surface area contributed by atoms with Crippen LogP contribution in [0.3, 0.4) is 0 Å². The van der Waals surface area contributed by atoms with Gasteiger partial charge in [0.2, 0.25) is 0 Å². The predicted octanol–water partition coefficient (Wildman–Crippen LogP) is 2.61. The summed E-state index contributed by atoms with van der Waals surface area (Å²) in [7, 11) is 0. The molecule has 0 unspecified atom stereocenters. The van der Waals surface area contributed by atoms with E-state index in [1.165, 1.54) is 24.3 Å². The van der Waals surface area contributed by atoms with Crippen molar-refractivity contribution in [1.82, 2.24) is 5.32 Å². The summed E-state index contributed by atoms with van der Waals surface area (Å²) in [5, 5.41) is 23.8. The lowest BCUT2D eigenvalue weighted by atomic mass is 9.95. The Balaban J connectivity index is 2.07. The SMILES string of the molecule is Cc1ccc(C(O)=C2C(=O)C(=O)N[C@H]2c2ccc([N+](=O)[O-])cc2)cc1. The molecule has 0 bridgehead atoms. The molecule has 2 aromatic rings. The molecule has 1 aliphatic rings. The van der Waals surface area contributed by atoms with E-state index in [-0.39, 0.29) is 17.0 Å². The number of carbonyl (C=O) groups excluding carboxylic acids is 2. The molecule has 1 atom stereocenters. The summed E-state index contributed by atoms with van der Waals surface area (Å²) in [5.74, 6) is -1.93. The highest BCUT2D eigenvalue weighted by Crippen LogP contribution is 2.33. The van der Waals surface area contributed by atoms with E-state index < -0.39 is 22.7 Å². The van der Waals surface area contributed by atoms with Gasteiger partial charge in [-0.25, -0.2) is 0 Å². The molecule has 0 spiro atoms. The Bertz CT molecular complexity index is 898. The first kappa shape index (κ1) is 16.4. The number of aryl methyl sites for hydroxylation is 1. The summed E-state index contributed by atoms with van der Waals surface area (Å²) in [4.78, 5) is 34.2. The number of benzene rings is 2. The molecule has 3 rings (SSSR count). The van der Waals surface area contributed by atoms with Crippen molar-refractivity contribution >= 4 is 23.1 Å². The number of nitrogens with zero attached hydrogens (tertiary/aromatic N) is 1. The number of ketones is 1. The van der Waals surface area contributed by atoms with Gasteiger partial charge in [-0.1, -0.05) is 29.8 Å². The highest BCUT2D eigenvalue weighted by atomic mass is 16.6. The van der Waals surface area contributed by atoms with Crippen LogP contribution in [0.2, 0.25) is 0 Å². The van der Waals surface area contributed by atoms with Crippen LogP contribution in [0.1, 0.15) is 22.7 Å². The molecule has 1 aliphatic heterocycles. The van der Waals surface area contributed by atoms with Gasteiger partial charge in [0, 0.05) is 17.7 Å². The predicted molar refractivity (Wildman–Crippen MR) is 89.7 cm³/mol. The average Bonchev–Trinajstić information content (AvgIpc) is 2.90. The Morgan fingerprint density at radius 2 is 1.68 bits per heavy atom. The number of nitrogens with one attached hydrogen (secondary N) is 1. The number of nitro benzene ring substituents is 1. The first-order valence-electron chi connectivity index (χ1n) is 7.48. The Labute approximate surface area is 142 Å². The van der Waals surface area contributed by atoms with Gasteiger partial charge in [0.1, 0.15) is 5.76 Å². The molecule has 0 radical (unpaired) electrons. The van der Waals surface area contributed by atoms with Crippen molar-refractivity contribution in [3.8, 4) is 0 Å². The first-order chi connectivity index (χ1) is 11.9. The largest absolute Gasteiger partial charge is 0.507 e. The third-order valence-corrected chi connectivity index (χ3v) is 4.03. The molecule has 25 heavy (non-hydrogen) atoms. The van der Waals surface area contributed by atoms with E-state index in [2.05, 4.69) is 5.32 Å². The second-order valence-corrected chi connectivity index (χ2v) is 5.71. The highest BCUT2D eigenvalue weighted by molar-refractivity contribution is 6.46. The van der Waals surface area contributed by atoms with Gasteiger partial charge in [0.25, 0.3) is 17.4 Å². The van der Waals surface area contributed by atoms with Crippen molar-refractivity contribution in [2.75, 3.05) is 0 Å². The zero-order valence-corrected chi connectivity index (χ0v) is 13.2. The zero-order valence-electron chi connectivity index (χ0n) is 13.2. The molecule has 0 saturated carbocycles. The van der Waals surface area contributed by atoms with Crippen molar-refractivity contribution in [2.45, 2.75) is 13.0 Å². The van der Waals surface area contributed by atoms with Crippen LogP contribution in [0.25, 0.3) is 5.76 Å². The monoisotopic (exact) mass is 338 g/mol. The average molecular weight is 338 g/mol. The van der Waals surface area contributed by atoms with Gasteiger partial charge in [-0.3, -0.25) is 19.7 Å².